The lowest BCUT2D eigenvalue weighted by Gasteiger charge is -2.34. The highest BCUT2D eigenvalue weighted by molar-refractivity contribution is 9.10. The third-order valence-electron chi connectivity index (χ3n) is 6.08. The third kappa shape index (κ3) is 2.37. The van der Waals surface area contributed by atoms with E-state index in [1.807, 2.05) is 0 Å². The molecule has 2 fully saturated rings. The van der Waals surface area contributed by atoms with Crippen LogP contribution >= 0.6 is 15.9 Å². The zero-order valence-corrected chi connectivity index (χ0v) is 15.5. The summed E-state index contributed by atoms with van der Waals surface area (Å²) in [6, 6.07) is 5.65. The highest BCUT2D eigenvalue weighted by Gasteiger charge is 2.64. The van der Waals surface area contributed by atoms with Gasteiger partial charge in [0.15, 0.2) is 0 Å². The molecule has 3 atom stereocenters. The van der Waals surface area contributed by atoms with Crippen LogP contribution in [0.1, 0.15) is 44.0 Å². The van der Waals surface area contributed by atoms with Crippen molar-refractivity contribution in [3.63, 3.8) is 0 Å². The van der Waals surface area contributed by atoms with Crippen molar-refractivity contribution in [3.8, 4) is 0 Å². The largest absolute Gasteiger partial charge is 0.271 e. The Balaban J connectivity index is 1.83. The average molecular weight is 394 g/mol. The number of hydrogen-bond acceptors (Lipinski definition) is 4. The fourth-order valence-corrected chi connectivity index (χ4v) is 5.66. The summed E-state index contributed by atoms with van der Waals surface area (Å²) in [6.45, 7) is 6.71. The Kier molecular flexibility index (Phi) is 4.02. The van der Waals surface area contributed by atoms with E-state index in [0.717, 1.165) is 18.6 Å². The number of carbonyl (C=O) groups is 1. The lowest BCUT2D eigenvalue weighted by Crippen LogP contribution is -2.36. The van der Waals surface area contributed by atoms with Gasteiger partial charge < -0.3 is 0 Å². The normalized spacial score (nSPS) is 32.1. The molecule has 2 saturated carbocycles. The first kappa shape index (κ1) is 17.1. The van der Waals surface area contributed by atoms with E-state index in [1.54, 1.807) is 6.07 Å². The molecule has 0 aliphatic heterocycles. The van der Waals surface area contributed by atoms with Gasteiger partial charge in [-0.25, -0.2) is 5.43 Å². The Morgan fingerprint density at radius 3 is 2.71 bits per heavy atom. The molecule has 6 nitrogen and oxygen atoms in total. The number of hydrazone groups is 1. The lowest BCUT2D eigenvalue weighted by atomic mass is 9.70. The summed E-state index contributed by atoms with van der Waals surface area (Å²) in [5.74, 6) is 0.0612. The van der Waals surface area contributed by atoms with Crippen LogP contribution in [-0.4, -0.2) is 21.4 Å². The summed E-state index contributed by atoms with van der Waals surface area (Å²) in [6.07, 6.45) is 2.20. The molecular formula is C17H20BrN3O3. The summed E-state index contributed by atoms with van der Waals surface area (Å²) in [5, 5.41) is 15.2. The number of benzene rings is 1. The summed E-state index contributed by atoms with van der Waals surface area (Å²) in [7, 11) is 0. The van der Waals surface area contributed by atoms with Crippen LogP contribution in [0.5, 0.6) is 0 Å². The minimum absolute atomic E-state index is 0.0538. The second kappa shape index (κ2) is 5.65. The molecule has 2 aliphatic rings. The highest BCUT2D eigenvalue weighted by Crippen LogP contribution is 2.65. The van der Waals surface area contributed by atoms with Crippen LogP contribution in [0.25, 0.3) is 0 Å². The summed E-state index contributed by atoms with van der Waals surface area (Å²) in [5.41, 5.74) is 3.73. The fraction of sp³-hybridized carbons (Fsp3) is 0.529. The molecule has 0 spiro atoms. The number of hydrogen-bond donors (Lipinski definition) is 1. The molecule has 0 radical (unpaired) electrons. The maximum absolute atomic E-state index is 12.3. The molecule has 0 saturated heterocycles. The van der Waals surface area contributed by atoms with Gasteiger partial charge in [0.25, 0.3) is 11.6 Å². The zero-order chi connectivity index (χ0) is 17.7. The van der Waals surface area contributed by atoms with Crippen molar-refractivity contribution >= 4 is 33.2 Å². The number of nitrogens with one attached hydrogen (secondary N) is 1. The van der Waals surface area contributed by atoms with Crippen molar-refractivity contribution in [2.24, 2.45) is 21.8 Å². The number of halogens is 1. The van der Waals surface area contributed by atoms with Gasteiger partial charge in [-0.1, -0.05) is 42.8 Å². The molecule has 3 unspecified atom stereocenters. The predicted molar refractivity (Wildman–Crippen MR) is 95.3 cm³/mol. The number of nitro groups is 1. The first-order valence-corrected chi connectivity index (χ1v) is 8.87. The van der Waals surface area contributed by atoms with Crippen LogP contribution < -0.4 is 5.43 Å². The van der Waals surface area contributed by atoms with Crippen molar-refractivity contribution in [2.45, 2.75) is 38.4 Å². The van der Waals surface area contributed by atoms with Crippen molar-refractivity contribution in [2.75, 3.05) is 0 Å². The maximum atomic E-state index is 12.3. The second-order valence-electron chi connectivity index (χ2n) is 7.35. The number of non-ortho nitro benzene ring substituents is 1. The van der Waals surface area contributed by atoms with Gasteiger partial charge in [0.2, 0.25) is 0 Å². The van der Waals surface area contributed by atoms with E-state index in [2.05, 4.69) is 47.2 Å². The highest BCUT2D eigenvalue weighted by atomic mass is 79.9. The Labute approximate surface area is 149 Å². The third-order valence-corrected chi connectivity index (χ3v) is 7.15. The molecule has 1 aromatic rings. The molecule has 24 heavy (non-hydrogen) atoms. The van der Waals surface area contributed by atoms with Crippen molar-refractivity contribution in [3.05, 3.63) is 39.9 Å². The average Bonchev–Trinajstić information content (AvgIpc) is 2.84. The Morgan fingerprint density at radius 1 is 1.42 bits per heavy atom. The van der Waals surface area contributed by atoms with Crippen LogP contribution in [0.15, 0.2) is 29.4 Å². The molecule has 7 heteroatoms. The van der Waals surface area contributed by atoms with Gasteiger partial charge in [-0.2, -0.15) is 5.10 Å². The van der Waals surface area contributed by atoms with Crippen molar-refractivity contribution < 1.29 is 9.72 Å². The van der Waals surface area contributed by atoms with Gasteiger partial charge in [-0.05, 0) is 30.2 Å². The SMILES string of the molecule is CC12CCC(C(Br)C1=NNC(=O)c1cccc([N+](=O)[O-])c1)C2(C)C. The zero-order valence-electron chi connectivity index (χ0n) is 13.9. The molecule has 1 N–H and O–H groups in total. The molecule has 2 aliphatic carbocycles. The fourth-order valence-electron chi connectivity index (χ4n) is 4.12. The number of rotatable bonds is 3. The number of fused-ring (bicyclic) bond motifs is 2. The maximum Gasteiger partial charge on any atom is 0.271 e. The van der Waals surface area contributed by atoms with Crippen LogP contribution in [-0.2, 0) is 0 Å². The van der Waals surface area contributed by atoms with E-state index in [4.69, 9.17) is 0 Å². The van der Waals surface area contributed by atoms with Gasteiger partial charge in [0, 0.05) is 23.1 Å². The topological polar surface area (TPSA) is 84.6 Å². The number of carbonyl (C=O) groups excluding carboxylic acids is 1. The minimum Gasteiger partial charge on any atom is -0.267 e. The van der Waals surface area contributed by atoms with Crippen LogP contribution in [0.2, 0.25) is 0 Å². The predicted octanol–water partition coefficient (Wildman–Crippen LogP) is 3.90. The number of alkyl halides is 1. The molecule has 3 rings (SSSR count). The van der Waals surface area contributed by atoms with Gasteiger partial charge in [-0.3, -0.25) is 14.9 Å². The van der Waals surface area contributed by atoms with Crippen LogP contribution in [0.3, 0.4) is 0 Å². The quantitative estimate of drug-likeness (QED) is 0.479. The number of nitro benzene ring substituents is 1. The van der Waals surface area contributed by atoms with Crippen molar-refractivity contribution in [1.29, 1.82) is 0 Å². The van der Waals surface area contributed by atoms with E-state index in [1.165, 1.54) is 18.2 Å². The van der Waals surface area contributed by atoms with Gasteiger partial charge >= 0.3 is 0 Å². The van der Waals surface area contributed by atoms with Gasteiger partial charge in [-0.15, -0.1) is 0 Å². The Morgan fingerprint density at radius 2 is 2.12 bits per heavy atom. The molecule has 2 bridgehead atoms. The molecular weight excluding hydrogens is 374 g/mol. The first-order valence-electron chi connectivity index (χ1n) is 7.95. The van der Waals surface area contributed by atoms with E-state index in [0.29, 0.717) is 5.92 Å². The van der Waals surface area contributed by atoms with Crippen LogP contribution in [0.4, 0.5) is 5.69 Å². The second-order valence-corrected chi connectivity index (χ2v) is 8.33. The summed E-state index contributed by atoms with van der Waals surface area (Å²) in [4.78, 5) is 22.8. The summed E-state index contributed by atoms with van der Waals surface area (Å²) >= 11 is 3.74. The molecule has 0 aromatic heterocycles. The van der Waals surface area contributed by atoms with Crippen LogP contribution in [0, 0.1) is 26.9 Å². The summed E-state index contributed by atoms with van der Waals surface area (Å²) < 4.78 is 0. The van der Waals surface area contributed by atoms with E-state index < -0.39 is 10.8 Å². The molecule has 1 aromatic carbocycles. The number of nitrogens with zero attached hydrogens (tertiary/aromatic N) is 2. The van der Waals surface area contributed by atoms with Gasteiger partial charge in [0.1, 0.15) is 0 Å². The smallest absolute Gasteiger partial charge is 0.267 e. The van der Waals surface area contributed by atoms with E-state index in [9.17, 15) is 14.9 Å². The lowest BCUT2D eigenvalue weighted by molar-refractivity contribution is -0.384. The number of amides is 1. The minimum atomic E-state index is -0.517. The monoisotopic (exact) mass is 393 g/mol. The first-order chi connectivity index (χ1) is 11.2. The molecule has 128 valence electrons. The Bertz CT molecular complexity index is 746. The standard InChI is InChI=1S/C17H20BrN3O3/c1-16(2)12-7-8-17(16,3)14(13(12)18)19-20-15(22)10-5-4-6-11(9-10)21(23)24/h4-6,9,12-13H,7-8H2,1-3H3,(H,20,22). The van der Waals surface area contributed by atoms with E-state index >= 15 is 0 Å². The van der Waals surface area contributed by atoms with E-state index in [-0.39, 0.29) is 26.9 Å². The van der Waals surface area contributed by atoms with Crippen molar-refractivity contribution in [1.82, 2.24) is 5.43 Å². The molecule has 0 heterocycles. The Hall–Kier alpha value is -1.76. The molecule has 1 amide bonds. The van der Waals surface area contributed by atoms with Gasteiger partial charge in [0.05, 0.1) is 15.5 Å².